The normalized spacial score (nSPS) is 11.2. The van der Waals surface area contributed by atoms with E-state index >= 15 is 0 Å². The number of aromatic amines is 2. The first-order valence-electron chi connectivity index (χ1n) is 13.5. The number of ether oxygens (including phenoxy) is 1. The van der Waals surface area contributed by atoms with Crippen molar-refractivity contribution in [1.82, 2.24) is 46.0 Å². The average Bonchev–Trinajstić information content (AvgIpc) is 3.79. The van der Waals surface area contributed by atoms with Crippen molar-refractivity contribution < 1.29 is 13.9 Å². The van der Waals surface area contributed by atoms with Gasteiger partial charge < -0.3 is 24.8 Å². The molecule has 1 amide bonds. The van der Waals surface area contributed by atoms with Crippen molar-refractivity contribution in [1.29, 1.82) is 0 Å². The number of H-pyrrole nitrogens is 2. The second-order valence-electron chi connectivity index (χ2n) is 9.61. The molecule has 0 saturated heterocycles. The molecule has 2 aromatic carbocycles. The Bertz CT molecular complexity index is 1870. The van der Waals surface area contributed by atoms with Gasteiger partial charge in [0.05, 0.1) is 30.9 Å². The first-order chi connectivity index (χ1) is 20.6. The topological polar surface area (TPSA) is 160 Å². The highest BCUT2D eigenvalue weighted by Gasteiger charge is 2.18. The Labute approximate surface area is 241 Å². The Kier molecular flexibility index (Phi) is 7.43. The molecule has 12 nitrogen and oxygen atoms in total. The zero-order valence-electron chi connectivity index (χ0n) is 23.4. The van der Waals surface area contributed by atoms with Gasteiger partial charge in [0, 0.05) is 29.9 Å². The van der Waals surface area contributed by atoms with Crippen LogP contribution in [0.4, 0.5) is 0 Å². The Morgan fingerprint density at radius 3 is 2.79 bits per heavy atom. The fraction of sp³-hybridized carbons (Fsp3) is 0.200. The standard InChI is InChI=1S/C30H29N9O3/c1-4-31-12-19-13-32-14-22(17(19)2)18-9-10-23-21(11-18)27(38-36-23)28-33-15-24(35-28)29(40)34-16-26-37-39-30(42-26)20-7-5-6-8-25(20)41-3/h5-11,13-15,31H,4,12,16H2,1-3H3,(H,33,35)(H,34,40)(H,36,38). The quantitative estimate of drug-likeness (QED) is 0.189. The van der Waals surface area contributed by atoms with Gasteiger partial charge in [-0.25, -0.2) is 4.98 Å². The number of benzene rings is 2. The van der Waals surface area contributed by atoms with Crippen LogP contribution in [0.1, 0.15) is 34.4 Å². The van der Waals surface area contributed by atoms with Crippen molar-refractivity contribution in [3.8, 4) is 39.8 Å². The zero-order chi connectivity index (χ0) is 29.1. The molecule has 0 radical (unpaired) electrons. The summed E-state index contributed by atoms with van der Waals surface area (Å²) < 4.78 is 11.1. The third kappa shape index (κ3) is 5.22. The predicted molar refractivity (Wildman–Crippen MR) is 156 cm³/mol. The Morgan fingerprint density at radius 1 is 1.05 bits per heavy atom. The minimum atomic E-state index is -0.370. The highest BCUT2D eigenvalue weighted by Crippen LogP contribution is 2.32. The number of para-hydroxylation sites is 1. The molecule has 0 saturated carbocycles. The van der Waals surface area contributed by atoms with Crippen molar-refractivity contribution in [2.45, 2.75) is 26.9 Å². The molecular weight excluding hydrogens is 534 g/mol. The molecule has 4 aromatic heterocycles. The van der Waals surface area contributed by atoms with E-state index in [4.69, 9.17) is 9.15 Å². The van der Waals surface area contributed by atoms with Crippen LogP contribution in [0.25, 0.3) is 45.0 Å². The van der Waals surface area contributed by atoms with E-state index in [1.807, 2.05) is 48.8 Å². The molecule has 0 aliphatic heterocycles. The molecule has 0 unspecified atom stereocenters. The SMILES string of the molecule is CCNCc1cncc(-c2ccc3[nH]nc(-c4ncc(C(=O)NCc5nnc(-c6ccccc6OC)o5)[nH]4)c3c2)c1C. The summed E-state index contributed by atoms with van der Waals surface area (Å²) in [5, 5.41) is 22.7. The van der Waals surface area contributed by atoms with Crippen LogP contribution in [0.15, 0.2) is 65.5 Å². The first-order valence-corrected chi connectivity index (χ1v) is 13.5. The maximum atomic E-state index is 12.9. The second-order valence-corrected chi connectivity index (χ2v) is 9.61. The number of aromatic nitrogens is 7. The van der Waals surface area contributed by atoms with Crippen LogP contribution in [0.5, 0.6) is 5.75 Å². The predicted octanol–water partition coefficient (Wildman–Crippen LogP) is 4.42. The second kappa shape index (κ2) is 11.6. The van der Waals surface area contributed by atoms with Crippen LogP contribution in [-0.2, 0) is 13.1 Å². The minimum Gasteiger partial charge on any atom is -0.496 e. The van der Waals surface area contributed by atoms with Gasteiger partial charge in [-0.05, 0) is 54.4 Å². The van der Waals surface area contributed by atoms with Crippen molar-refractivity contribution in [2.24, 2.45) is 0 Å². The van der Waals surface area contributed by atoms with E-state index in [0.717, 1.165) is 40.7 Å². The van der Waals surface area contributed by atoms with E-state index in [-0.39, 0.29) is 24.0 Å². The molecule has 4 N–H and O–H groups in total. The number of carbonyl (C=O) groups is 1. The van der Waals surface area contributed by atoms with Gasteiger partial charge in [-0.1, -0.05) is 25.1 Å². The average molecular weight is 564 g/mol. The van der Waals surface area contributed by atoms with Crippen molar-refractivity contribution in [3.05, 3.63) is 83.8 Å². The molecule has 42 heavy (non-hydrogen) atoms. The van der Waals surface area contributed by atoms with Gasteiger partial charge in [0.2, 0.25) is 5.89 Å². The van der Waals surface area contributed by atoms with E-state index in [1.165, 1.54) is 11.8 Å². The number of hydrogen-bond donors (Lipinski definition) is 4. The first kappa shape index (κ1) is 26.8. The van der Waals surface area contributed by atoms with E-state index in [1.54, 1.807) is 7.11 Å². The molecule has 0 bridgehead atoms. The van der Waals surface area contributed by atoms with Crippen molar-refractivity contribution in [3.63, 3.8) is 0 Å². The molecule has 6 rings (SSSR count). The van der Waals surface area contributed by atoms with Crippen molar-refractivity contribution in [2.75, 3.05) is 13.7 Å². The fourth-order valence-electron chi connectivity index (χ4n) is 4.72. The maximum absolute atomic E-state index is 12.9. The Balaban J connectivity index is 1.19. The van der Waals surface area contributed by atoms with Gasteiger partial charge in [-0.2, -0.15) is 5.10 Å². The molecule has 12 heteroatoms. The summed E-state index contributed by atoms with van der Waals surface area (Å²) >= 11 is 0. The highest BCUT2D eigenvalue weighted by molar-refractivity contribution is 5.96. The largest absolute Gasteiger partial charge is 0.496 e. The Morgan fingerprint density at radius 2 is 1.93 bits per heavy atom. The molecule has 0 aliphatic carbocycles. The van der Waals surface area contributed by atoms with Gasteiger partial charge in [0.1, 0.15) is 17.1 Å². The van der Waals surface area contributed by atoms with Gasteiger partial charge in [-0.15, -0.1) is 10.2 Å². The van der Waals surface area contributed by atoms with Crippen LogP contribution in [0.2, 0.25) is 0 Å². The van der Waals surface area contributed by atoms with E-state index in [2.05, 4.69) is 65.9 Å². The molecule has 0 aliphatic rings. The summed E-state index contributed by atoms with van der Waals surface area (Å²) in [4.78, 5) is 24.9. The van der Waals surface area contributed by atoms with Crippen LogP contribution in [-0.4, -0.2) is 54.9 Å². The van der Waals surface area contributed by atoms with Crippen LogP contribution >= 0.6 is 0 Å². The van der Waals surface area contributed by atoms with E-state index < -0.39 is 0 Å². The third-order valence-corrected chi connectivity index (χ3v) is 7.01. The fourth-order valence-corrected chi connectivity index (χ4v) is 4.72. The van der Waals surface area contributed by atoms with Crippen LogP contribution in [0.3, 0.4) is 0 Å². The van der Waals surface area contributed by atoms with Gasteiger partial charge >= 0.3 is 0 Å². The lowest BCUT2D eigenvalue weighted by Crippen LogP contribution is -2.23. The Hall–Kier alpha value is -5.36. The lowest BCUT2D eigenvalue weighted by molar-refractivity contribution is 0.0943. The summed E-state index contributed by atoms with van der Waals surface area (Å²) in [7, 11) is 1.57. The van der Waals surface area contributed by atoms with E-state index in [9.17, 15) is 4.79 Å². The smallest absolute Gasteiger partial charge is 0.269 e. The third-order valence-electron chi connectivity index (χ3n) is 7.01. The van der Waals surface area contributed by atoms with E-state index in [0.29, 0.717) is 28.7 Å². The molecular formula is C30H29N9O3. The number of pyridine rings is 1. The lowest BCUT2D eigenvalue weighted by atomic mass is 9.98. The number of nitrogens with one attached hydrogen (secondary N) is 4. The number of imidazole rings is 1. The molecule has 4 heterocycles. The molecule has 0 spiro atoms. The zero-order valence-corrected chi connectivity index (χ0v) is 23.4. The number of hydrogen-bond acceptors (Lipinski definition) is 9. The summed E-state index contributed by atoms with van der Waals surface area (Å²) in [5.74, 6) is 1.28. The summed E-state index contributed by atoms with van der Waals surface area (Å²) in [5.41, 5.74) is 6.80. The van der Waals surface area contributed by atoms with Crippen LogP contribution < -0.4 is 15.4 Å². The van der Waals surface area contributed by atoms with Gasteiger partial charge in [0.15, 0.2) is 5.82 Å². The maximum Gasteiger partial charge on any atom is 0.269 e. The molecule has 0 fully saturated rings. The number of fused-ring (bicyclic) bond motifs is 1. The minimum absolute atomic E-state index is 0.0459. The number of methoxy groups -OCH3 is 1. The number of nitrogens with zero attached hydrogens (tertiary/aromatic N) is 5. The van der Waals surface area contributed by atoms with Gasteiger partial charge in [-0.3, -0.25) is 14.9 Å². The number of amides is 1. The summed E-state index contributed by atoms with van der Waals surface area (Å²) in [6.45, 7) is 5.88. The molecule has 6 aromatic rings. The lowest BCUT2D eigenvalue weighted by Gasteiger charge is -2.11. The molecule has 0 atom stereocenters. The van der Waals surface area contributed by atoms with Crippen molar-refractivity contribution >= 4 is 16.8 Å². The summed E-state index contributed by atoms with van der Waals surface area (Å²) in [6, 6.07) is 13.4. The number of rotatable bonds is 10. The number of carbonyl (C=O) groups excluding carboxylic acids is 1. The molecule has 212 valence electrons. The van der Waals surface area contributed by atoms with Gasteiger partial charge in [0.25, 0.3) is 11.8 Å². The highest BCUT2D eigenvalue weighted by atomic mass is 16.5. The summed E-state index contributed by atoms with van der Waals surface area (Å²) in [6.07, 6.45) is 5.25. The monoisotopic (exact) mass is 563 g/mol. The van der Waals surface area contributed by atoms with Crippen LogP contribution in [0, 0.1) is 6.92 Å².